The molecule has 0 saturated carbocycles. The minimum atomic E-state index is -0.619. The predicted octanol–water partition coefficient (Wildman–Crippen LogP) is 3.49. The number of phenolic OH excluding ortho intramolecular Hbond substituents is 1. The molecule has 1 aromatic rings. The summed E-state index contributed by atoms with van der Waals surface area (Å²) in [5, 5.41) is 10.5. The van der Waals surface area contributed by atoms with Crippen LogP contribution in [-0.4, -0.2) is 11.0 Å². The number of benzene rings is 1. The second kappa shape index (κ2) is 4.97. The number of carbonyl (C=O) groups is 1. The highest BCUT2D eigenvalue weighted by atomic mass is 16.3. The molecule has 3 nitrogen and oxygen atoms in total. The van der Waals surface area contributed by atoms with Gasteiger partial charge in [0.1, 0.15) is 5.75 Å². The summed E-state index contributed by atoms with van der Waals surface area (Å²) in [6.45, 7) is 16.0. The van der Waals surface area contributed by atoms with Gasteiger partial charge in [0.2, 0.25) is 5.91 Å². The van der Waals surface area contributed by atoms with Crippen molar-refractivity contribution >= 4 is 11.5 Å². The third-order valence-corrected chi connectivity index (χ3v) is 3.41. The standard InChI is InChI=1S/C17H25NO2/c1-10(15(18)20)12-8-11(16(2,3)4)9-13(14(12)19)17(5,6)7/h8-9,19H,1H2,2-7H3,(H2,18,20). The number of carbonyl (C=O) groups excluding carboxylic acids is 1. The van der Waals surface area contributed by atoms with E-state index in [4.69, 9.17) is 5.73 Å². The zero-order valence-electron chi connectivity index (χ0n) is 13.3. The second-order valence-electron chi connectivity index (χ2n) is 7.26. The predicted molar refractivity (Wildman–Crippen MR) is 83.7 cm³/mol. The largest absolute Gasteiger partial charge is 0.507 e. The molecule has 0 radical (unpaired) electrons. The third-order valence-electron chi connectivity index (χ3n) is 3.41. The third kappa shape index (κ3) is 3.21. The Hall–Kier alpha value is -1.77. The smallest absolute Gasteiger partial charge is 0.248 e. The molecule has 0 saturated heterocycles. The maximum Gasteiger partial charge on any atom is 0.248 e. The van der Waals surface area contributed by atoms with Crippen molar-refractivity contribution in [3.05, 3.63) is 35.4 Å². The summed E-state index contributed by atoms with van der Waals surface area (Å²) in [5.41, 5.74) is 7.37. The summed E-state index contributed by atoms with van der Waals surface area (Å²) < 4.78 is 0. The molecule has 3 heteroatoms. The minimum Gasteiger partial charge on any atom is -0.507 e. The van der Waals surface area contributed by atoms with Gasteiger partial charge in [0.15, 0.2) is 0 Å². The Kier molecular flexibility index (Phi) is 4.04. The highest BCUT2D eigenvalue weighted by Gasteiger charge is 2.26. The number of aromatic hydroxyl groups is 1. The van der Waals surface area contributed by atoms with E-state index in [2.05, 4.69) is 27.4 Å². The van der Waals surface area contributed by atoms with E-state index in [-0.39, 0.29) is 22.2 Å². The van der Waals surface area contributed by atoms with E-state index < -0.39 is 5.91 Å². The van der Waals surface area contributed by atoms with Crippen molar-refractivity contribution in [3.63, 3.8) is 0 Å². The van der Waals surface area contributed by atoms with Crippen LogP contribution in [0.3, 0.4) is 0 Å². The van der Waals surface area contributed by atoms with E-state index in [0.29, 0.717) is 5.56 Å². The van der Waals surface area contributed by atoms with Gasteiger partial charge in [-0.3, -0.25) is 4.79 Å². The molecule has 0 aromatic heterocycles. The molecule has 1 amide bonds. The fourth-order valence-corrected chi connectivity index (χ4v) is 2.00. The molecule has 0 spiro atoms. The summed E-state index contributed by atoms with van der Waals surface area (Å²) in [7, 11) is 0. The van der Waals surface area contributed by atoms with Crippen LogP contribution in [-0.2, 0) is 15.6 Å². The summed E-state index contributed by atoms with van der Waals surface area (Å²) in [6, 6.07) is 3.80. The Labute approximate surface area is 121 Å². The Balaban J connectivity index is 3.68. The quantitative estimate of drug-likeness (QED) is 0.812. The fraction of sp³-hybridized carbons (Fsp3) is 0.471. The van der Waals surface area contributed by atoms with Crippen molar-refractivity contribution in [2.75, 3.05) is 0 Å². The molecule has 0 unspecified atom stereocenters. The normalized spacial score (nSPS) is 12.3. The molecule has 3 N–H and O–H groups in total. The Bertz CT molecular complexity index is 558. The average Bonchev–Trinajstić information content (AvgIpc) is 2.24. The van der Waals surface area contributed by atoms with E-state index in [1.165, 1.54) is 0 Å². The number of phenols is 1. The Morgan fingerprint density at radius 2 is 1.60 bits per heavy atom. The number of nitrogens with two attached hydrogens (primary N) is 1. The van der Waals surface area contributed by atoms with Gasteiger partial charge >= 0.3 is 0 Å². The number of amides is 1. The SMILES string of the molecule is C=C(C(N)=O)c1cc(C(C)(C)C)cc(C(C)(C)C)c1O. The Morgan fingerprint density at radius 1 is 1.10 bits per heavy atom. The lowest BCUT2D eigenvalue weighted by molar-refractivity contribution is -0.112. The van der Waals surface area contributed by atoms with Gasteiger partial charge in [0.05, 0.1) is 0 Å². The molecule has 1 aromatic carbocycles. The monoisotopic (exact) mass is 275 g/mol. The molecule has 0 bridgehead atoms. The average molecular weight is 275 g/mol. The van der Waals surface area contributed by atoms with Crippen LogP contribution in [0.2, 0.25) is 0 Å². The number of rotatable bonds is 2. The van der Waals surface area contributed by atoms with E-state index >= 15 is 0 Å². The van der Waals surface area contributed by atoms with E-state index in [1.807, 2.05) is 26.8 Å². The van der Waals surface area contributed by atoms with Gasteiger partial charge in [0.25, 0.3) is 0 Å². The number of hydrogen-bond donors (Lipinski definition) is 2. The molecule has 1 rings (SSSR count). The first-order chi connectivity index (χ1) is 8.85. The number of primary amides is 1. The molecule has 0 aliphatic carbocycles. The first kappa shape index (κ1) is 16.3. The maximum atomic E-state index is 11.4. The maximum absolute atomic E-state index is 11.4. The van der Waals surface area contributed by atoms with Gasteiger partial charge in [-0.05, 0) is 22.5 Å². The fourth-order valence-electron chi connectivity index (χ4n) is 2.00. The molecular weight excluding hydrogens is 250 g/mol. The highest BCUT2D eigenvalue weighted by molar-refractivity contribution is 6.18. The van der Waals surface area contributed by atoms with Crippen molar-refractivity contribution in [2.24, 2.45) is 5.73 Å². The molecule has 110 valence electrons. The van der Waals surface area contributed by atoms with Crippen molar-refractivity contribution in [1.82, 2.24) is 0 Å². The topological polar surface area (TPSA) is 63.3 Å². The molecule has 0 fully saturated rings. The van der Waals surface area contributed by atoms with Gasteiger partial charge in [-0.1, -0.05) is 54.2 Å². The molecule has 0 aliphatic heterocycles. The minimum absolute atomic E-state index is 0.0919. The van der Waals surface area contributed by atoms with Crippen molar-refractivity contribution < 1.29 is 9.90 Å². The summed E-state index contributed by atoms with van der Waals surface area (Å²) >= 11 is 0. The van der Waals surface area contributed by atoms with Gasteiger partial charge in [-0.15, -0.1) is 0 Å². The van der Waals surface area contributed by atoms with Crippen LogP contribution in [0.5, 0.6) is 5.75 Å². The molecule has 0 atom stereocenters. The highest BCUT2D eigenvalue weighted by Crippen LogP contribution is 2.39. The molecule has 0 aliphatic rings. The van der Waals surface area contributed by atoms with Gasteiger partial charge < -0.3 is 10.8 Å². The molecular formula is C17H25NO2. The van der Waals surface area contributed by atoms with Gasteiger partial charge in [0, 0.05) is 16.7 Å². The van der Waals surface area contributed by atoms with Crippen LogP contribution in [0.15, 0.2) is 18.7 Å². The lowest BCUT2D eigenvalue weighted by Gasteiger charge is -2.27. The lowest BCUT2D eigenvalue weighted by Crippen LogP contribution is -2.19. The van der Waals surface area contributed by atoms with Gasteiger partial charge in [-0.25, -0.2) is 0 Å². The lowest BCUT2D eigenvalue weighted by atomic mass is 9.78. The van der Waals surface area contributed by atoms with Crippen LogP contribution >= 0.6 is 0 Å². The first-order valence-corrected chi connectivity index (χ1v) is 6.72. The zero-order chi connectivity index (χ0) is 15.9. The summed E-state index contributed by atoms with van der Waals surface area (Å²) in [6.07, 6.45) is 0. The molecule has 20 heavy (non-hydrogen) atoms. The van der Waals surface area contributed by atoms with Crippen molar-refractivity contribution in [3.8, 4) is 5.75 Å². The van der Waals surface area contributed by atoms with E-state index in [0.717, 1.165) is 11.1 Å². The first-order valence-electron chi connectivity index (χ1n) is 6.72. The summed E-state index contributed by atoms with van der Waals surface area (Å²) in [4.78, 5) is 11.4. The van der Waals surface area contributed by atoms with Crippen LogP contribution in [0.4, 0.5) is 0 Å². The summed E-state index contributed by atoms with van der Waals surface area (Å²) in [5.74, 6) is -0.527. The number of hydrogen-bond acceptors (Lipinski definition) is 2. The van der Waals surface area contributed by atoms with Crippen LogP contribution in [0.1, 0.15) is 58.2 Å². The van der Waals surface area contributed by atoms with Crippen LogP contribution < -0.4 is 5.73 Å². The van der Waals surface area contributed by atoms with E-state index in [1.54, 1.807) is 6.07 Å². The Morgan fingerprint density at radius 3 is 1.95 bits per heavy atom. The van der Waals surface area contributed by atoms with E-state index in [9.17, 15) is 9.90 Å². The van der Waals surface area contributed by atoms with Crippen molar-refractivity contribution in [2.45, 2.75) is 52.4 Å². The van der Waals surface area contributed by atoms with Crippen LogP contribution in [0.25, 0.3) is 5.57 Å². The molecule has 0 heterocycles. The second-order valence-corrected chi connectivity index (χ2v) is 7.26. The van der Waals surface area contributed by atoms with Crippen LogP contribution in [0, 0.1) is 0 Å². The van der Waals surface area contributed by atoms with Crippen molar-refractivity contribution in [1.29, 1.82) is 0 Å². The zero-order valence-corrected chi connectivity index (χ0v) is 13.3. The van der Waals surface area contributed by atoms with Gasteiger partial charge in [-0.2, -0.15) is 0 Å².